The summed E-state index contributed by atoms with van der Waals surface area (Å²) in [6.45, 7) is 0. The molecule has 2 aromatic rings. The Bertz CT molecular complexity index is 816. The van der Waals surface area contributed by atoms with Gasteiger partial charge in [-0.1, -0.05) is 18.2 Å². The number of benzene rings is 1. The zero-order valence-electron chi connectivity index (χ0n) is 11.2. The monoisotopic (exact) mass is 320 g/mol. The Morgan fingerprint density at radius 1 is 1.27 bits per heavy atom. The number of nitrogens with two attached hydrogens (primary N) is 1. The van der Waals surface area contributed by atoms with Crippen molar-refractivity contribution in [1.82, 2.24) is 4.98 Å². The van der Waals surface area contributed by atoms with Gasteiger partial charge in [0.1, 0.15) is 10.7 Å². The van der Waals surface area contributed by atoms with Crippen LogP contribution in [0.3, 0.4) is 0 Å². The van der Waals surface area contributed by atoms with Crippen molar-refractivity contribution in [2.24, 2.45) is 10.8 Å². The van der Waals surface area contributed by atoms with Crippen LogP contribution >= 0.6 is 0 Å². The fourth-order valence-electron chi connectivity index (χ4n) is 1.60. The third kappa shape index (κ3) is 3.87. The van der Waals surface area contributed by atoms with E-state index < -0.39 is 16.0 Å². The molecule has 1 aromatic heterocycles. The van der Waals surface area contributed by atoms with E-state index in [0.717, 1.165) is 0 Å². The number of aromatic nitrogens is 1. The van der Waals surface area contributed by atoms with Crippen LogP contribution in [-0.4, -0.2) is 30.1 Å². The molecule has 2 rings (SSSR count). The van der Waals surface area contributed by atoms with E-state index in [1.807, 2.05) is 0 Å². The lowest BCUT2D eigenvalue weighted by Crippen LogP contribution is -2.11. The minimum atomic E-state index is -4.33. The molecule has 1 heterocycles. The van der Waals surface area contributed by atoms with Crippen LogP contribution in [0.25, 0.3) is 0 Å². The molecular formula is C13H12N4O4S. The SMILES string of the molecule is NC(=O)c1ccc(N/N=C/c2ccccc2S(=O)(=O)O)nc1. The number of nitrogens with zero attached hydrogens (tertiary/aromatic N) is 2. The summed E-state index contributed by atoms with van der Waals surface area (Å²) in [5.74, 6) is -0.254. The van der Waals surface area contributed by atoms with Crippen molar-refractivity contribution in [2.45, 2.75) is 4.90 Å². The molecule has 0 atom stereocenters. The van der Waals surface area contributed by atoms with Crippen LogP contribution in [0.5, 0.6) is 0 Å². The summed E-state index contributed by atoms with van der Waals surface area (Å²) < 4.78 is 31.5. The highest BCUT2D eigenvalue weighted by molar-refractivity contribution is 7.86. The number of rotatable bonds is 5. The maximum Gasteiger partial charge on any atom is 0.295 e. The molecule has 0 aliphatic rings. The first-order valence-corrected chi connectivity index (χ1v) is 7.43. The predicted molar refractivity (Wildman–Crippen MR) is 80.2 cm³/mol. The lowest BCUT2D eigenvalue weighted by molar-refractivity contribution is 0.1000. The van der Waals surface area contributed by atoms with Crippen molar-refractivity contribution < 1.29 is 17.8 Å². The molecule has 1 amide bonds. The summed E-state index contributed by atoms with van der Waals surface area (Å²) in [6.07, 6.45) is 2.51. The Hall–Kier alpha value is -2.78. The Balaban J connectivity index is 2.15. The van der Waals surface area contributed by atoms with Crippen LogP contribution in [0.15, 0.2) is 52.6 Å². The number of anilines is 1. The van der Waals surface area contributed by atoms with Crippen molar-refractivity contribution in [2.75, 3.05) is 5.43 Å². The zero-order chi connectivity index (χ0) is 16.2. The normalized spacial score (nSPS) is 11.5. The van der Waals surface area contributed by atoms with Crippen molar-refractivity contribution >= 4 is 28.1 Å². The molecule has 4 N–H and O–H groups in total. The Morgan fingerprint density at radius 2 is 2.00 bits per heavy atom. The molecule has 0 aliphatic carbocycles. The second-order valence-corrected chi connectivity index (χ2v) is 5.57. The molecule has 0 spiro atoms. The molecule has 0 saturated carbocycles. The first-order valence-electron chi connectivity index (χ1n) is 5.99. The van der Waals surface area contributed by atoms with E-state index >= 15 is 0 Å². The van der Waals surface area contributed by atoms with Gasteiger partial charge in [-0.25, -0.2) is 4.98 Å². The number of hydrogen-bond acceptors (Lipinski definition) is 6. The number of hydrazone groups is 1. The molecular weight excluding hydrogens is 308 g/mol. The van der Waals surface area contributed by atoms with Crippen molar-refractivity contribution in [1.29, 1.82) is 0 Å². The fourth-order valence-corrected chi connectivity index (χ4v) is 2.26. The highest BCUT2D eigenvalue weighted by Crippen LogP contribution is 2.13. The van der Waals surface area contributed by atoms with E-state index in [9.17, 15) is 13.2 Å². The summed E-state index contributed by atoms with van der Waals surface area (Å²) in [4.78, 5) is 14.6. The molecule has 1 aromatic carbocycles. The van der Waals surface area contributed by atoms with E-state index in [0.29, 0.717) is 5.82 Å². The van der Waals surface area contributed by atoms with Crippen molar-refractivity contribution in [3.63, 3.8) is 0 Å². The molecule has 114 valence electrons. The number of amides is 1. The molecule has 0 radical (unpaired) electrons. The lowest BCUT2D eigenvalue weighted by atomic mass is 10.2. The number of hydrogen-bond donors (Lipinski definition) is 3. The van der Waals surface area contributed by atoms with E-state index in [-0.39, 0.29) is 16.0 Å². The number of carbonyl (C=O) groups is 1. The van der Waals surface area contributed by atoms with Gasteiger partial charge >= 0.3 is 0 Å². The second-order valence-electron chi connectivity index (χ2n) is 4.18. The van der Waals surface area contributed by atoms with Gasteiger partial charge in [0.15, 0.2) is 0 Å². The third-order valence-electron chi connectivity index (χ3n) is 2.63. The van der Waals surface area contributed by atoms with Gasteiger partial charge in [0.05, 0.1) is 11.8 Å². The topological polar surface area (TPSA) is 135 Å². The smallest absolute Gasteiger partial charge is 0.295 e. The second kappa shape index (κ2) is 6.33. The molecule has 0 fully saturated rings. The Morgan fingerprint density at radius 3 is 2.59 bits per heavy atom. The average Bonchev–Trinajstić information content (AvgIpc) is 2.47. The summed E-state index contributed by atoms with van der Waals surface area (Å²) in [6, 6.07) is 8.80. The number of carbonyl (C=O) groups excluding carboxylic acids is 1. The number of primary amides is 1. The number of pyridine rings is 1. The van der Waals surface area contributed by atoms with Gasteiger partial charge in [0.2, 0.25) is 5.91 Å². The molecule has 8 nitrogen and oxygen atoms in total. The highest BCUT2D eigenvalue weighted by atomic mass is 32.2. The van der Waals surface area contributed by atoms with Crippen LogP contribution in [0.2, 0.25) is 0 Å². The van der Waals surface area contributed by atoms with E-state index in [4.69, 9.17) is 10.3 Å². The van der Waals surface area contributed by atoms with Crippen molar-refractivity contribution in [3.05, 3.63) is 53.7 Å². The molecule has 0 bridgehead atoms. The van der Waals surface area contributed by atoms with Gasteiger partial charge in [0, 0.05) is 11.8 Å². The van der Waals surface area contributed by atoms with Crippen molar-refractivity contribution in [3.8, 4) is 0 Å². The minimum absolute atomic E-state index is 0.214. The van der Waals surface area contributed by atoms with Gasteiger partial charge in [0.25, 0.3) is 10.1 Å². The summed E-state index contributed by atoms with van der Waals surface area (Å²) in [5, 5.41) is 3.83. The fraction of sp³-hybridized carbons (Fsp3) is 0. The quantitative estimate of drug-likeness (QED) is 0.425. The molecule has 0 aliphatic heterocycles. The van der Waals surface area contributed by atoms with Gasteiger partial charge in [-0.05, 0) is 18.2 Å². The van der Waals surface area contributed by atoms with Gasteiger partial charge in [-0.3, -0.25) is 14.8 Å². The first-order chi connectivity index (χ1) is 10.4. The standard InChI is InChI=1S/C13H12N4O4S/c14-13(18)10-5-6-12(15-7-10)17-16-8-9-3-1-2-4-11(9)22(19,20)21/h1-8H,(H2,14,18)(H,15,17)(H,19,20,21)/b16-8+. The summed E-state index contributed by atoms with van der Waals surface area (Å²) in [7, 11) is -4.33. The van der Waals surface area contributed by atoms with Crippen LogP contribution in [0.4, 0.5) is 5.82 Å². The lowest BCUT2D eigenvalue weighted by Gasteiger charge is -2.02. The van der Waals surface area contributed by atoms with Gasteiger partial charge in [-0.15, -0.1) is 0 Å². The van der Waals surface area contributed by atoms with Crippen LogP contribution in [-0.2, 0) is 10.1 Å². The van der Waals surface area contributed by atoms with E-state index in [2.05, 4.69) is 15.5 Å². The number of nitrogens with one attached hydrogen (secondary N) is 1. The van der Waals surface area contributed by atoms with Crippen LogP contribution in [0, 0.1) is 0 Å². The molecule has 9 heteroatoms. The van der Waals surface area contributed by atoms with Gasteiger partial charge in [-0.2, -0.15) is 13.5 Å². The highest BCUT2D eigenvalue weighted by Gasteiger charge is 2.12. The van der Waals surface area contributed by atoms with Gasteiger partial charge < -0.3 is 5.73 Å². The van der Waals surface area contributed by atoms with E-state index in [1.165, 1.54) is 42.7 Å². The minimum Gasteiger partial charge on any atom is -0.366 e. The first kappa shape index (κ1) is 15.6. The molecule has 0 saturated heterocycles. The largest absolute Gasteiger partial charge is 0.366 e. The maximum absolute atomic E-state index is 11.2. The zero-order valence-corrected chi connectivity index (χ0v) is 12.0. The molecule has 0 unspecified atom stereocenters. The summed E-state index contributed by atoms with van der Waals surface area (Å²) in [5.41, 5.74) is 8.13. The molecule has 22 heavy (non-hydrogen) atoms. The van der Waals surface area contributed by atoms with E-state index in [1.54, 1.807) is 6.07 Å². The third-order valence-corrected chi connectivity index (χ3v) is 3.56. The average molecular weight is 320 g/mol. The Kier molecular flexibility index (Phi) is 4.49. The predicted octanol–water partition coefficient (Wildman–Crippen LogP) is 0.873. The van der Waals surface area contributed by atoms with Crippen LogP contribution in [0.1, 0.15) is 15.9 Å². The maximum atomic E-state index is 11.2. The summed E-state index contributed by atoms with van der Waals surface area (Å²) >= 11 is 0. The van der Waals surface area contributed by atoms with Crippen LogP contribution < -0.4 is 11.2 Å². The Labute approximate surface area is 126 Å².